The second kappa shape index (κ2) is 4.99. The number of aromatic amines is 1. The number of aliphatic carboxylic acids is 1. The summed E-state index contributed by atoms with van der Waals surface area (Å²) in [6, 6.07) is 3.11. The molecular formula is C13H15N3O3S. The summed E-state index contributed by atoms with van der Waals surface area (Å²) in [4.78, 5) is 11.8. The topological polar surface area (TPSA) is 86.3 Å². The molecule has 0 radical (unpaired) electrons. The molecule has 0 bridgehead atoms. The first-order valence-electron chi connectivity index (χ1n) is 6.43. The van der Waals surface area contributed by atoms with Gasteiger partial charge in [-0.3, -0.25) is 9.89 Å². The van der Waals surface area contributed by atoms with E-state index in [1.807, 2.05) is 19.1 Å². The predicted octanol–water partition coefficient (Wildman–Crippen LogP) is 1.44. The number of hydrogen-bond acceptors (Lipinski definition) is 3. The summed E-state index contributed by atoms with van der Waals surface area (Å²) in [6.45, 7) is 2.46. The lowest BCUT2D eigenvalue weighted by Crippen LogP contribution is -2.37. The van der Waals surface area contributed by atoms with E-state index in [4.69, 9.17) is 0 Å². The Balaban J connectivity index is 2.04. The van der Waals surface area contributed by atoms with Crippen molar-refractivity contribution in [2.45, 2.75) is 30.7 Å². The van der Waals surface area contributed by atoms with Crippen LogP contribution in [0.4, 0.5) is 0 Å². The first kappa shape index (κ1) is 13.3. The molecule has 1 saturated heterocycles. The number of aryl methyl sites for hydroxylation is 1. The van der Waals surface area contributed by atoms with Crippen molar-refractivity contribution in [3.05, 3.63) is 23.9 Å². The fourth-order valence-corrected chi connectivity index (χ4v) is 4.22. The van der Waals surface area contributed by atoms with Crippen molar-refractivity contribution in [1.82, 2.24) is 14.5 Å². The van der Waals surface area contributed by atoms with E-state index >= 15 is 0 Å². The van der Waals surface area contributed by atoms with E-state index in [0.717, 1.165) is 17.4 Å². The molecular weight excluding hydrogens is 278 g/mol. The molecule has 2 atom stereocenters. The van der Waals surface area contributed by atoms with Gasteiger partial charge >= 0.3 is 5.97 Å². The number of carboxylic acids is 1. The fourth-order valence-electron chi connectivity index (χ4n) is 2.62. The molecule has 1 fully saturated rings. The van der Waals surface area contributed by atoms with Crippen LogP contribution >= 0.6 is 0 Å². The van der Waals surface area contributed by atoms with Gasteiger partial charge in [0, 0.05) is 11.9 Å². The third-order valence-corrected chi connectivity index (χ3v) is 5.11. The highest BCUT2D eigenvalue weighted by Crippen LogP contribution is 2.28. The van der Waals surface area contributed by atoms with Crippen LogP contribution < -0.4 is 0 Å². The molecule has 1 aromatic carbocycles. The summed E-state index contributed by atoms with van der Waals surface area (Å²) in [5, 5.41) is 16.9. The first-order valence-corrected chi connectivity index (χ1v) is 7.53. The Hall–Kier alpha value is -1.73. The standard InChI is InChI=1S/C13H15N3O3S/c1-8-5-9-7-14-15-12(9)11(6-8)20(19)16-4-2-3-10(16)13(17)18/h5-7,10H,2-4H2,1H3,(H,14,15)(H,17,18). The molecule has 0 amide bonds. The normalized spacial score (nSPS) is 21.4. The van der Waals surface area contributed by atoms with E-state index in [2.05, 4.69) is 10.2 Å². The largest absolute Gasteiger partial charge is 0.480 e. The Morgan fingerprint density at radius 3 is 3.10 bits per heavy atom. The van der Waals surface area contributed by atoms with Gasteiger partial charge in [0.15, 0.2) is 0 Å². The quantitative estimate of drug-likeness (QED) is 0.896. The van der Waals surface area contributed by atoms with E-state index in [9.17, 15) is 14.1 Å². The van der Waals surface area contributed by atoms with E-state index in [1.165, 1.54) is 0 Å². The van der Waals surface area contributed by atoms with Crippen LogP contribution in [0.2, 0.25) is 0 Å². The van der Waals surface area contributed by atoms with Crippen molar-refractivity contribution in [1.29, 1.82) is 0 Å². The predicted molar refractivity (Wildman–Crippen MR) is 74.6 cm³/mol. The molecule has 1 aliphatic heterocycles. The average molecular weight is 293 g/mol. The van der Waals surface area contributed by atoms with Gasteiger partial charge in [-0.25, -0.2) is 8.51 Å². The summed E-state index contributed by atoms with van der Waals surface area (Å²) in [6.07, 6.45) is 2.97. The average Bonchev–Trinajstić information content (AvgIpc) is 3.04. The Morgan fingerprint density at radius 1 is 1.55 bits per heavy atom. The van der Waals surface area contributed by atoms with E-state index in [-0.39, 0.29) is 0 Å². The van der Waals surface area contributed by atoms with E-state index in [1.54, 1.807) is 10.5 Å². The second-order valence-electron chi connectivity index (χ2n) is 4.98. The van der Waals surface area contributed by atoms with Gasteiger partial charge in [-0.05, 0) is 37.5 Å². The third-order valence-electron chi connectivity index (χ3n) is 3.55. The first-order chi connectivity index (χ1) is 9.58. The van der Waals surface area contributed by atoms with Crippen molar-refractivity contribution >= 4 is 27.9 Å². The molecule has 0 spiro atoms. The summed E-state index contributed by atoms with van der Waals surface area (Å²) < 4.78 is 14.3. The zero-order valence-electron chi connectivity index (χ0n) is 11.0. The van der Waals surface area contributed by atoms with Crippen LogP contribution in [0.1, 0.15) is 18.4 Å². The highest BCUT2D eigenvalue weighted by Gasteiger charge is 2.35. The van der Waals surface area contributed by atoms with E-state index in [0.29, 0.717) is 23.4 Å². The number of nitrogens with zero attached hydrogens (tertiary/aromatic N) is 2. The lowest BCUT2D eigenvalue weighted by molar-refractivity contribution is -0.140. The fraction of sp³-hybridized carbons (Fsp3) is 0.385. The molecule has 1 aromatic heterocycles. The van der Waals surface area contributed by atoms with Crippen molar-refractivity contribution in [3.63, 3.8) is 0 Å². The molecule has 1 aliphatic rings. The molecule has 2 N–H and O–H groups in total. The van der Waals surface area contributed by atoms with Crippen molar-refractivity contribution in [2.24, 2.45) is 0 Å². The second-order valence-corrected chi connectivity index (χ2v) is 6.39. The molecule has 3 rings (SSSR count). The highest BCUT2D eigenvalue weighted by molar-refractivity contribution is 7.83. The van der Waals surface area contributed by atoms with Crippen LogP contribution in [0, 0.1) is 6.92 Å². The van der Waals surface area contributed by atoms with Crippen LogP contribution in [-0.4, -0.2) is 42.4 Å². The highest BCUT2D eigenvalue weighted by atomic mass is 32.2. The van der Waals surface area contributed by atoms with Gasteiger partial charge in [-0.2, -0.15) is 5.10 Å². The maximum Gasteiger partial charge on any atom is 0.321 e. The summed E-state index contributed by atoms with van der Waals surface area (Å²) in [7, 11) is -1.49. The van der Waals surface area contributed by atoms with Crippen LogP contribution in [0.15, 0.2) is 23.2 Å². The molecule has 2 aromatic rings. The van der Waals surface area contributed by atoms with Crippen LogP contribution in [0.25, 0.3) is 10.9 Å². The van der Waals surface area contributed by atoms with Gasteiger partial charge in [0.2, 0.25) is 0 Å². The zero-order valence-corrected chi connectivity index (χ0v) is 11.8. The lowest BCUT2D eigenvalue weighted by atomic mass is 10.2. The van der Waals surface area contributed by atoms with Crippen molar-refractivity contribution in [3.8, 4) is 0 Å². The minimum Gasteiger partial charge on any atom is -0.480 e. The number of hydrogen-bond donors (Lipinski definition) is 2. The molecule has 20 heavy (non-hydrogen) atoms. The Labute approximate surface area is 118 Å². The number of carbonyl (C=O) groups is 1. The van der Waals surface area contributed by atoms with E-state index < -0.39 is 23.0 Å². The van der Waals surface area contributed by atoms with Gasteiger partial charge in [0.05, 0.1) is 16.6 Å². The molecule has 0 saturated carbocycles. The lowest BCUT2D eigenvalue weighted by Gasteiger charge is -2.20. The maximum absolute atomic E-state index is 12.8. The summed E-state index contributed by atoms with van der Waals surface area (Å²) >= 11 is 0. The van der Waals surface area contributed by atoms with Crippen LogP contribution in [-0.2, 0) is 15.8 Å². The number of aromatic nitrogens is 2. The number of benzene rings is 1. The molecule has 7 heteroatoms. The number of fused-ring (bicyclic) bond motifs is 1. The van der Waals surface area contributed by atoms with Crippen LogP contribution in [0.5, 0.6) is 0 Å². The molecule has 6 nitrogen and oxygen atoms in total. The molecule has 2 heterocycles. The van der Waals surface area contributed by atoms with Crippen molar-refractivity contribution < 1.29 is 14.1 Å². The smallest absolute Gasteiger partial charge is 0.321 e. The SMILES string of the molecule is Cc1cc(S(=O)N2CCCC2C(=O)O)c2[nH]ncc2c1. The molecule has 106 valence electrons. The maximum atomic E-state index is 12.8. The third kappa shape index (κ3) is 2.12. The monoisotopic (exact) mass is 293 g/mol. The Morgan fingerprint density at radius 2 is 2.35 bits per heavy atom. The minimum absolute atomic E-state index is 0.535. The van der Waals surface area contributed by atoms with Gasteiger partial charge < -0.3 is 5.11 Å². The Bertz CT molecular complexity index is 697. The van der Waals surface area contributed by atoms with Crippen LogP contribution in [0.3, 0.4) is 0 Å². The summed E-state index contributed by atoms with van der Waals surface area (Å²) in [5.41, 5.74) is 1.69. The van der Waals surface area contributed by atoms with Gasteiger partial charge in [0.25, 0.3) is 0 Å². The molecule has 2 unspecified atom stereocenters. The Kier molecular flexibility index (Phi) is 3.31. The minimum atomic E-state index is -1.49. The number of rotatable bonds is 3. The van der Waals surface area contributed by atoms with Gasteiger partial charge in [-0.15, -0.1) is 0 Å². The zero-order chi connectivity index (χ0) is 14.3. The molecule has 0 aliphatic carbocycles. The van der Waals surface area contributed by atoms with Gasteiger partial charge in [0.1, 0.15) is 17.0 Å². The summed E-state index contributed by atoms with van der Waals surface area (Å²) in [5.74, 6) is -0.913. The number of H-pyrrole nitrogens is 1. The van der Waals surface area contributed by atoms with Crippen molar-refractivity contribution in [2.75, 3.05) is 6.54 Å². The van der Waals surface area contributed by atoms with Gasteiger partial charge in [-0.1, -0.05) is 0 Å². The number of carboxylic acid groups (broad SMARTS) is 1. The number of nitrogens with one attached hydrogen (secondary N) is 1.